The summed E-state index contributed by atoms with van der Waals surface area (Å²) in [7, 11) is 1.71. The molecule has 2 heteroatoms. The van der Waals surface area contributed by atoms with Gasteiger partial charge in [-0.25, -0.2) is 0 Å². The van der Waals surface area contributed by atoms with Crippen molar-refractivity contribution in [1.29, 1.82) is 0 Å². The Bertz CT molecular complexity index is 301. The highest BCUT2D eigenvalue weighted by molar-refractivity contribution is 5.30. The van der Waals surface area contributed by atoms with E-state index in [2.05, 4.69) is 24.4 Å². The summed E-state index contributed by atoms with van der Waals surface area (Å²) in [5.74, 6) is 1.53. The van der Waals surface area contributed by atoms with Gasteiger partial charge in [-0.3, -0.25) is 0 Å². The third-order valence-corrected chi connectivity index (χ3v) is 3.34. The molecule has 1 saturated heterocycles. The Morgan fingerprint density at radius 2 is 2.07 bits per heavy atom. The predicted octanol–water partition coefficient (Wildman–Crippen LogP) is 2.55. The molecule has 1 aromatic rings. The van der Waals surface area contributed by atoms with Gasteiger partial charge >= 0.3 is 0 Å². The summed E-state index contributed by atoms with van der Waals surface area (Å²) in [6.07, 6.45) is 2.61. The van der Waals surface area contributed by atoms with Crippen molar-refractivity contribution in [1.82, 2.24) is 5.32 Å². The molecule has 2 atom stereocenters. The molecule has 0 unspecified atom stereocenters. The zero-order valence-electron chi connectivity index (χ0n) is 9.49. The minimum absolute atomic E-state index is 0.596. The zero-order valence-corrected chi connectivity index (χ0v) is 9.49. The van der Waals surface area contributed by atoms with Crippen LogP contribution in [0.5, 0.6) is 5.75 Å². The van der Waals surface area contributed by atoms with Gasteiger partial charge in [0.1, 0.15) is 5.75 Å². The monoisotopic (exact) mass is 205 g/mol. The van der Waals surface area contributed by atoms with Crippen molar-refractivity contribution in [2.75, 3.05) is 13.7 Å². The maximum absolute atomic E-state index is 5.16. The first-order chi connectivity index (χ1) is 7.31. The minimum atomic E-state index is 0.596. The third-order valence-electron chi connectivity index (χ3n) is 3.34. The van der Waals surface area contributed by atoms with Crippen LogP contribution in [0.2, 0.25) is 0 Å². The van der Waals surface area contributed by atoms with E-state index >= 15 is 0 Å². The summed E-state index contributed by atoms with van der Waals surface area (Å²) in [5, 5.41) is 3.55. The lowest BCUT2D eigenvalue weighted by molar-refractivity contribution is 0.414. The molecule has 1 N–H and O–H groups in total. The maximum Gasteiger partial charge on any atom is 0.118 e. The van der Waals surface area contributed by atoms with Crippen LogP contribution in [0, 0.1) is 0 Å². The highest BCUT2D eigenvalue weighted by Crippen LogP contribution is 2.26. The minimum Gasteiger partial charge on any atom is -0.497 e. The Kier molecular flexibility index (Phi) is 3.27. The molecule has 2 rings (SSSR count). The zero-order chi connectivity index (χ0) is 10.7. The summed E-state index contributed by atoms with van der Waals surface area (Å²) in [4.78, 5) is 0. The van der Waals surface area contributed by atoms with Crippen LogP contribution in [-0.4, -0.2) is 19.7 Å². The maximum atomic E-state index is 5.16. The fraction of sp³-hybridized carbons (Fsp3) is 0.538. The normalized spacial score (nSPS) is 22.7. The number of nitrogens with one attached hydrogen (secondary N) is 1. The Balaban J connectivity index is 2.07. The molecule has 0 amide bonds. The molecule has 1 aromatic carbocycles. The van der Waals surface area contributed by atoms with Crippen molar-refractivity contribution in [3.05, 3.63) is 29.8 Å². The molecule has 0 saturated carbocycles. The number of benzene rings is 1. The van der Waals surface area contributed by atoms with Gasteiger partial charge in [-0.15, -0.1) is 0 Å². The van der Waals surface area contributed by atoms with E-state index in [0.29, 0.717) is 12.0 Å². The molecular weight excluding hydrogens is 186 g/mol. The van der Waals surface area contributed by atoms with E-state index in [-0.39, 0.29) is 0 Å². The Hall–Kier alpha value is -1.02. The van der Waals surface area contributed by atoms with Gasteiger partial charge in [-0.1, -0.05) is 19.1 Å². The first-order valence-electron chi connectivity index (χ1n) is 5.68. The fourth-order valence-corrected chi connectivity index (χ4v) is 2.28. The van der Waals surface area contributed by atoms with Gasteiger partial charge in [0.2, 0.25) is 0 Å². The van der Waals surface area contributed by atoms with Crippen LogP contribution >= 0.6 is 0 Å². The van der Waals surface area contributed by atoms with E-state index in [4.69, 9.17) is 4.74 Å². The molecule has 0 spiro atoms. The summed E-state index contributed by atoms with van der Waals surface area (Å²) in [5.41, 5.74) is 1.40. The molecule has 1 fully saturated rings. The summed E-state index contributed by atoms with van der Waals surface area (Å²) in [6.45, 7) is 3.47. The van der Waals surface area contributed by atoms with E-state index in [1.165, 1.54) is 24.9 Å². The standard InChI is InChI=1S/C13H19NO/c1-10(13-4-3-9-14-13)11-5-7-12(15-2)8-6-11/h5-8,10,13-14H,3-4,9H2,1-2H3/t10-,13-/m0/s1. The van der Waals surface area contributed by atoms with Crippen molar-refractivity contribution in [3.63, 3.8) is 0 Å². The highest BCUT2D eigenvalue weighted by Gasteiger charge is 2.21. The van der Waals surface area contributed by atoms with Gasteiger partial charge < -0.3 is 10.1 Å². The number of hydrogen-bond acceptors (Lipinski definition) is 2. The van der Waals surface area contributed by atoms with Crippen LogP contribution in [0.25, 0.3) is 0 Å². The smallest absolute Gasteiger partial charge is 0.118 e. The van der Waals surface area contributed by atoms with E-state index in [1.54, 1.807) is 7.11 Å². The van der Waals surface area contributed by atoms with Crippen LogP contribution in [0.3, 0.4) is 0 Å². The highest BCUT2D eigenvalue weighted by atomic mass is 16.5. The van der Waals surface area contributed by atoms with Crippen molar-refractivity contribution in [2.45, 2.75) is 31.7 Å². The molecule has 1 aliphatic heterocycles. The van der Waals surface area contributed by atoms with E-state index in [9.17, 15) is 0 Å². The first-order valence-corrected chi connectivity index (χ1v) is 5.68. The number of hydrogen-bond donors (Lipinski definition) is 1. The van der Waals surface area contributed by atoms with Gasteiger partial charge in [-0.05, 0) is 43.0 Å². The van der Waals surface area contributed by atoms with Crippen molar-refractivity contribution in [3.8, 4) is 5.75 Å². The van der Waals surface area contributed by atoms with Crippen LogP contribution in [-0.2, 0) is 0 Å². The Morgan fingerprint density at radius 1 is 1.33 bits per heavy atom. The molecule has 1 heterocycles. The molecule has 0 aliphatic carbocycles. The third kappa shape index (κ3) is 2.32. The SMILES string of the molecule is COc1ccc([C@H](C)[C@@H]2CCCN2)cc1. The van der Waals surface area contributed by atoms with Crippen molar-refractivity contribution < 1.29 is 4.74 Å². The van der Waals surface area contributed by atoms with E-state index in [1.807, 2.05) is 12.1 Å². The van der Waals surface area contributed by atoms with Crippen LogP contribution in [0.4, 0.5) is 0 Å². The molecule has 0 radical (unpaired) electrons. The topological polar surface area (TPSA) is 21.3 Å². The van der Waals surface area contributed by atoms with E-state index < -0.39 is 0 Å². The Labute approximate surface area is 91.6 Å². The number of methoxy groups -OCH3 is 1. The average molecular weight is 205 g/mol. The fourth-order valence-electron chi connectivity index (χ4n) is 2.28. The number of ether oxygens (including phenoxy) is 1. The molecule has 0 bridgehead atoms. The summed E-state index contributed by atoms with van der Waals surface area (Å²) < 4.78 is 5.16. The van der Waals surface area contributed by atoms with Crippen molar-refractivity contribution in [2.24, 2.45) is 0 Å². The molecule has 1 aliphatic rings. The van der Waals surface area contributed by atoms with Gasteiger partial charge in [0.05, 0.1) is 7.11 Å². The molecular formula is C13H19NO. The largest absolute Gasteiger partial charge is 0.497 e. The van der Waals surface area contributed by atoms with Gasteiger partial charge in [0.15, 0.2) is 0 Å². The molecule has 2 nitrogen and oxygen atoms in total. The summed E-state index contributed by atoms with van der Waals surface area (Å²) in [6, 6.07) is 9.08. The van der Waals surface area contributed by atoms with Crippen molar-refractivity contribution >= 4 is 0 Å². The van der Waals surface area contributed by atoms with Gasteiger partial charge in [0.25, 0.3) is 0 Å². The second-order valence-corrected chi connectivity index (χ2v) is 4.26. The average Bonchev–Trinajstić information content (AvgIpc) is 2.82. The van der Waals surface area contributed by atoms with Crippen LogP contribution < -0.4 is 10.1 Å². The first kappa shape index (κ1) is 10.5. The second kappa shape index (κ2) is 4.67. The van der Waals surface area contributed by atoms with Crippen LogP contribution in [0.15, 0.2) is 24.3 Å². The predicted molar refractivity (Wildman–Crippen MR) is 62.4 cm³/mol. The van der Waals surface area contributed by atoms with Gasteiger partial charge in [0, 0.05) is 6.04 Å². The Morgan fingerprint density at radius 3 is 2.60 bits per heavy atom. The van der Waals surface area contributed by atoms with Crippen LogP contribution in [0.1, 0.15) is 31.2 Å². The molecule has 15 heavy (non-hydrogen) atoms. The molecule has 82 valence electrons. The second-order valence-electron chi connectivity index (χ2n) is 4.26. The molecule has 0 aromatic heterocycles. The van der Waals surface area contributed by atoms with E-state index in [0.717, 1.165) is 5.75 Å². The van der Waals surface area contributed by atoms with Gasteiger partial charge in [-0.2, -0.15) is 0 Å². The lowest BCUT2D eigenvalue weighted by atomic mass is 9.92. The number of rotatable bonds is 3. The lowest BCUT2D eigenvalue weighted by Gasteiger charge is -2.19. The quantitative estimate of drug-likeness (QED) is 0.818. The summed E-state index contributed by atoms with van der Waals surface area (Å²) >= 11 is 0. The lowest BCUT2D eigenvalue weighted by Crippen LogP contribution is -2.27.